The number of aromatic nitrogens is 1. The van der Waals surface area contributed by atoms with Gasteiger partial charge < -0.3 is 15.8 Å². The van der Waals surface area contributed by atoms with Crippen molar-refractivity contribution in [3.05, 3.63) is 23.9 Å². The van der Waals surface area contributed by atoms with Crippen molar-refractivity contribution in [1.29, 1.82) is 0 Å². The summed E-state index contributed by atoms with van der Waals surface area (Å²) >= 11 is 0. The highest BCUT2D eigenvalue weighted by Crippen LogP contribution is 2.17. The van der Waals surface area contributed by atoms with Gasteiger partial charge in [-0.2, -0.15) is 0 Å². The number of nitrogens with one attached hydrogen (secondary N) is 1. The molecule has 0 radical (unpaired) electrons. The van der Waals surface area contributed by atoms with Gasteiger partial charge in [-0.05, 0) is 18.4 Å². The van der Waals surface area contributed by atoms with E-state index in [2.05, 4.69) is 15.3 Å². The van der Waals surface area contributed by atoms with Crippen LogP contribution in [0.4, 0.5) is 0 Å². The molecule has 0 unspecified atom stereocenters. The molecule has 1 aliphatic rings. The molecular weight excluding hydrogens is 379 g/mol. The molecule has 118 valence electrons. The summed E-state index contributed by atoms with van der Waals surface area (Å²) in [6, 6.07) is 4.27. The van der Waals surface area contributed by atoms with E-state index in [-0.39, 0.29) is 24.0 Å². The van der Waals surface area contributed by atoms with Gasteiger partial charge in [-0.1, -0.05) is 31.7 Å². The Morgan fingerprint density at radius 2 is 2.05 bits per heavy atom. The van der Waals surface area contributed by atoms with E-state index in [1.165, 1.54) is 38.5 Å². The van der Waals surface area contributed by atoms with Gasteiger partial charge in [0.1, 0.15) is 0 Å². The number of nitrogens with two attached hydrogens (primary N) is 1. The topological polar surface area (TPSA) is 72.5 Å². The Morgan fingerprint density at radius 1 is 1.33 bits per heavy atom. The lowest BCUT2D eigenvalue weighted by Crippen LogP contribution is -2.39. The standard InChI is InChI=1S/C15H24N4O.HI/c1-20-14-9-8-12(10-17-14)11-18-15(16)19-13-6-4-2-3-5-7-13;/h8-10,13H,2-7,11H2,1H3,(H3,16,18,19);1H. The molecule has 0 atom stereocenters. The molecule has 21 heavy (non-hydrogen) atoms. The monoisotopic (exact) mass is 404 g/mol. The zero-order valence-corrected chi connectivity index (χ0v) is 14.9. The molecule has 2 rings (SSSR count). The summed E-state index contributed by atoms with van der Waals surface area (Å²) in [5.41, 5.74) is 6.98. The SMILES string of the molecule is COc1ccc(CN=C(N)NC2CCCCCC2)cn1.I. The quantitative estimate of drug-likeness (QED) is 0.350. The Bertz CT molecular complexity index is 428. The van der Waals surface area contributed by atoms with Gasteiger partial charge in [-0.25, -0.2) is 9.98 Å². The van der Waals surface area contributed by atoms with Gasteiger partial charge in [-0.3, -0.25) is 0 Å². The first kappa shape index (κ1) is 18.0. The molecule has 0 saturated heterocycles. The van der Waals surface area contributed by atoms with Crippen LogP contribution in [-0.4, -0.2) is 24.1 Å². The maximum atomic E-state index is 5.95. The molecule has 6 heteroatoms. The number of pyridine rings is 1. The summed E-state index contributed by atoms with van der Waals surface area (Å²) in [5.74, 6) is 1.15. The molecule has 1 aliphatic carbocycles. The number of rotatable bonds is 4. The first-order valence-corrected chi connectivity index (χ1v) is 7.33. The van der Waals surface area contributed by atoms with Crippen LogP contribution in [-0.2, 0) is 6.54 Å². The molecule has 0 aliphatic heterocycles. The third-order valence-electron chi connectivity index (χ3n) is 3.65. The zero-order valence-electron chi connectivity index (χ0n) is 12.5. The van der Waals surface area contributed by atoms with Gasteiger partial charge >= 0.3 is 0 Å². The number of ether oxygens (including phenoxy) is 1. The van der Waals surface area contributed by atoms with Crippen LogP contribution in [0.15, 0.2) is 23.3 Å². The van der Waals surface area contributed by atoms with E-state index in [4.69, 9.17) is 10.5 Å². The molecule has 1 aromatic rings. The van der Waals surface area contributed by atoms with Gasteiger partial charge in [0.05, 0.1) is 13.7 Å². The van der Waals surface area contributed by atoms with Crippen LogP contribution in [0, 0.1) is 0 Å². The van der Waals surface area contributed by atoms with E-state index in [9.17, 15) is 0 Å². The molecule has 3 N–H and O–H groups in total. The average molecular weight is 404 g/mol. The van der Waals surface area contributed by atoms with Gasteiger partial charge in [0.2, 0.25) is 5.88 Å². The van der Waals surface area contributed by atoms with Crippen LogP contribution < -0.4 is 15.8 Å². The molecule has 0 amide bonds. The maximum absolute atomic E-state index is 5.95. The van der Waals surface area contributed by atoms with E-state index >= 15 is 0 Å². The normalized spacial score (nSPS) is 16.7. The summed E-state index contributed by atoms with van der Waals surface area (Å²) in [6.45, 7) is 0.544. The Hall–Kier alpha value is -1.05. The molecule has 0 spiro atoms. The summed E-state index contributed by atoms with van der Waals surface area (Å²) in [6.07, 6.45) is 9.40. The fourth-order valence-corrected chi connectivity index (χ4v) is 2.48. The lowest BCUT2D eigenvalue weighted by molar-refractivity contribution is 0.397. The van der Waals surface area contributed by atoms with Crippen molar-refractivity contribution in [1.82, 2.24) is 10.3 Å². The first-order valence-electron chi connectivity index (χ1n) is 7.33. The van der Waals surface area contributed by atoms with Crippen LogP contribution in [0.1, 0.15) is 44.1 Å². The molecular formula is C15H25IN4O. The Balaban J connectivity index is 0.00000220. The number of guanidine groups is 1. The van der Waals surface area contributed by atoms with Crippen LogP contribution >= 0.6 is 24.0 Å². The minimum absolute atomic E-state index is 0. The zero-order chi connectivity index (χ0) is 14.2. The second-order valence-electron chi connectivity index (χ2n) is 5.24. The third kappa shape index (κ3) is 6.50. The second-order valence-corrected chi connectivity index (χ2v) is 5.24. The highest BCUT2D eigenvalue weighted by atomic mass is 127. The first-order chi connectivity index (χ1) is 9.78. The molecule has 1 fully saturated rings. The van der Waals surface area contributed by atoms with Gasteiger partial charge in [0, 0.05) is 18.3 Å². The van der Waals surface area contributed by atoms with Crippen LogP contribution in [0.5, 0.6) is 5.88 Å². The van der Waals surface area contributed by atoms with Crippen molar-refractivity contribution in [2.45, 2.75) is 51.1 Å². The Morgan fingerprint density at radius 3 is 2.62 bits per heavy atom. The molecule has 0 bridgehead atoms. The van der Waals surface area contributed by atoms with E-state index < -0.39 is 0 Å². The van der Waals surface area contributed by atoms with Gasteiger partial charge in [0.25, 0.3) is 0 Å². The van der Waals surface area contributed by atoms with E-state index in [0.717, 1.165) is 5.56 Å². The van der Waals surface area contributed by atoms with E-state index in [1.54, 1.807) is 13.3 Å². The van der Waals surface area contributed by atoms with Crippen molar-refractivity contribution < 1.29 is 4.74 Å². The summed E-state index contributed by atoms with van der Waals surface area (Å²) in [7, 11) is 1.61. The molecule has 1 saturated carbocycles. The Labute approximate surface area is 143 Å². The van der Waals surface area contributed by atoms with Gasteiger partial charge in [0.15, 0.2) is 5.96 Å². The second kappa shape index (κ2) is 9.81. The highest BCUT2D eigenvalue weighted by Gasteiger charge is 2.12. The third-order valence-corrected chi connectivity index (χ3v) is 3.65. The minimum Gasteiger partial charge on any atom is -0.481 e. The van der Waals surface area contributed by atoms with Crippen molar-refractivity contribution in [3.8, 4) is 5.88 Å². The smallest absolute Gasteiger partial charge is 0.212 e. The number of hydrogen-bond donors (Lipinski definition) is 2. The summed E-state index contributed by atoms with van der Waals surface area (Å²) in [5, 5.41) is 3.33. The number of hydrogen-bond acceptors (Lipinski definition) is 3. The van der Waals surface area contributed by atoms with Crippen molar-refractivity contribution in [3.63, 3.8) is 0 Å². The molecule has 1 heterocycles. The van der Waals surface area contributed by atoms with Crippen molar-refractivity contribution >= 4 is 29.9 Å². The summed E-state index contributed by atoms with van der Waals surface area (Å²) in [4.78, 5) is 8.53. The minimum atomic E-state index is 0. The fraction of sp³-hybridized carbons (Fsp3) is 0.600. The van der Waals surface area contributed by atoms with E-state index in [0.29, 0.717) is 24.4 Å². The lowest BCUT2D eigenvalue weighted by atomic mass is 10.1. The number of methoxy groups -OCH3 is 1. The number of nitrogens with zero attached hydrogens (tertiary/aromatic N) is 2. The fourth-order valence-electron chi connectivity index (χ4n) is 2.48. The van der Waals surface area contributed by atoms with E-state index in [1.807, 2.05) is 12.1 Å². The van der Waals surface area contributed by atoms with Crippen molar-refractivity contribution in [2.75, 3.05) is 7.11 Å². The van der Waals surface area contributed by atoms with Gasteiger partial charge in [-0.15, -0.1) is 24.0 Å². The molecule has 1 aromatic heterocycles. The largest absolute Gasteiger partial charge is 0.481 e. The predicted molar refractivity (Wildman–Crippen MR) is 96.2 cm³/mol. The van der Waals surface area contributed by atoms with Crippen LogP contribution in [0.3, 0.4) is 0 Å². The summed E-state index contributed by atoms with van der Waals surface area (Å²) < 4.78 is 5.02. The van der Waals surface area contributed by atoms with Crippen LogP contribution in [0.2, 0.25) is 0 Å². The Kier molecular flexibility index (Phi) is 8.41. The molecule has 5 nitrogen and oxygen atoms in total. The number of aliphatic imine (C=N–C) groups is 1. The van der Waals surface area contributed by atoms with Crippen molar-refractivity contribution in [2.24, 2.45) is 10.7 Å². The predicted octanol–water partition coefficient (Wildman–Crippen LogP) is 2.84. The highest BCUT2D eigenvalue weighted by molar-refractivity contribution is 14.0. The van der Waals surface area contributed by atoms with Crippen LogP contribution in [0.25, 0.3) is 0 Å². The average Bonchev–Trinajstić information content (AvgIpc) is 2.74. The number of halogens is 1. The lowest BCUT2D eigenvalue weighted by Gasteiger charge is -2.16. The maximum Gasteiger partial charge on any atom is 0.212 e. The molecule has 0 aromatic carbocycles.